The van der Waals surface area contributed by atoms with Gasteiger partial charge in [-0.15, -0.1) is 76.3 Å². The van der Waals surface area contributed by atoms with Crippen LogP contribution in [0.15, 0.2) is 84.9 Å². The molecule has 0 amide bonds. The maximum Gasteiger partial charge on any atom is -0.0809 e. The average Bonchev–Trinajstić information content (AvgIpc) is 3.27. The van der Waals surface area contributed by atoms with Gasteiger partial charge in [-0.3, -0.25) is 0 Å². The Kier molecular flexibility index (Phi) is 14.1. The molecule has 0 radical (unpaired) electrons. The molecule has 0 atom stereocenters. The third-order valence-electron chi connectivity index (χ3n) is 3.10. The van der Waals surface area contributed by atoms with Crippen molar-refractivity contribution in [2.45, 2.75) is 13.8 Å². The van der Waals surface area contributed by atoms with E-state index < -0.39 is 0 Å². The van der Waals surface area contributed by atoms with Gasteiger partial charge in [-0.25, -0.2) is 0 Å². The first-order valence-corrected chi connectivity index (χ1v) is 13.6. The third-order valence-corrected chi connectivity index (χ3v) is 3.10. The Hall–Kier alpha value is -0.760. The summed E-state index contributed by atoms with van der Waals surface area (Å²) in [6.45, 7) is 5.95. The van der Waals surface area contributed by atoms with Crippen LogP contribution in [0.5, 0.6) is 0 Å². The molecule has 0 aliphatic heterocycles. The fraction of sp³-hybridized carbons (Fsp3) is 0.0952. The topological polar surface area (TPSA) is 0 Å². The molecule has 0 aliphatic carbocycles. The van der Waals surface area contributed by atoms with Crippen molar-refractivity contribution in [3.8, 4) is 0 Å². The van der Waals surface area contributed by atoms with Crippen LogP contribution < -0.4 is 0 Å². The second kappa shape index (κ2) is 14.6. The van der Waals surface area contributed by atoms with Crippen molar-refractivity contribution in [2.24, 2.45) is 0 Å². The molecule has 0 saturated carbocycles. The van der Waals surface area contributed by atoms with Gasteiger partial charge in [0.05, 0.1) is 0 Å². The summed E-state index contributed by atoms with van der Waals surface area (Å²) in [5, 5.41) is 5.32. The summed E-state index contributed by atoms with van der Waals surface area (Å²) >= 11 is 1.58. The molecule has 0 aliphatic rings. The molecule has 0 aromatic heterocycles. The van der Waals surface area contributed by atoms with E-state index in [4.69, 9.17) is 0 Å². The van der Waals surface area contributed by atoms with Crippen LogP contribution in [0, 0.1) is 6.42 Å². The van der Waals surface area contributed by atoms with Gasteiger partial charge >= 0.3 is 30.2 Å². The molecule has 4 aromatic carbocycles. The number of hydrogen-bond donors (Lipinski definition) is 0. The smallest absolute Gasteiger partial charge is 0.0809 e. The molecule has 0 nitrogen and oxygen atoms in total. The van der Waals surface area contributed by atoms with Gasteiger partial charge < -0.3 is 6.42 Å². The second-order valence-electron chi connectivity index (χ2n) is 4.89. The summed E-state index contributed by atoms with van der Waals surface area (Å²) in [4.78, 5) is 0. The molecule has 0 fully saturated rings. The van der Waals surface area contributed by atoms with Gasteiger partial charge in [-0.05, 0) is 0 Å². The average molecular weight is 476 g/mol. The van der Waals surface area contributed by atoms with E-state index in [0.717, 1.165) is 0 Å². The molecular weight excluding hydrogens is 451 g/mol. The molecule has 24 heavy (non-hydrogen) atoms. The fourth-order valence-electron chi connectivity index (χ4n) is 2.14. The Morgan fingerprint density at radius 2 is 1.04 bits per heavy atom. The van der Waals surface area contributed by atoms with Crippen molar-refractivity contribution in [1.29, 1.82) is 0 Å². The van der Waals surface area contributed by atoms with Crippen molar-refractivity contribution >= 4 is 45.4 Å². The molecule has 0 unspecified atom stereocenters. The summed E-state index contributed by atoms with van der Waals surface area (Å²) < 4.78 is 0. The van der Waals surface area contributed by atoms with Crippen LogP contribution in [-0.2, 0) is 23.3 Å². The zero-order valence-corrected chi connectivity index (χ0v) is 19.9. The minimum absolute atomic E-state index is 0. The Labute approximate surface area is 173 Å². The van der Waals surface area contributed by atoms with Crippen LogP contribution in [0.25, 0.3) is 21.5 Å². The van der Waals surface area contributed by atoms with Crippen molar-refractivity contribution in [1.82, 2.24) is 0 Å². The van der Waals surface area contributed by atoms with E-state index in [2.05, 4.69) is 84.9 Å². The standard InChI is InChI=1S/2C9H7.C3H7.BrH.H2Si.Zr/c2*1-2-5-9-7-3-6-8(9)4-1;1-3-2;;;/h2*1-7H;3H,1-2H3;1H;1H2;/q3*-1;;;. The molecule has 3 heteroatoms. The maximum atomic E-state index is 2.12. The monoisotopic (exact) mass is 473 g/mol. The van der Waals surface area contributed by atoms with Crippen LogP contribution in [0.2, 0.25) is 0 Å². The quantitative estimate of drug-likeness (QED) is 0.216. The maximum absolute atomic E-state index is 2.12. The van der Waals surface area contributed by atoms with Crippen LogP contribution >= 0.6 is 17.0 Å². The third kappa shape index (κ3) is 7.88. The minimum atomic E-state index is 0. The summed E-state index contributed by atoms with van der Waals surface area (Å²) in [6.07, 6.45) is 2.00. The van der Waals surface area contributed by atoms with Crippen molar-refractivity contribution in [2.75, 3.05) is 0 Å². The normalized spacial score (nSPS) is 8.54. The molecule has 4 aromatic rings. The largest absolute Gasteiger partial charge is 0.168 e. The van der Waals surface area contributed by atoms with Crippen molar-refractivity contribution in [3.63, 3.8) is 0 Å². The zero-order chi connectivity index (χ0) is 16.9. The van der Waals surface area contributed by atoms with Crippen LogP contribution in [0.4, 0.5) is 0 Å². The van der Waals surface area contributed by atoms with Gasteiger partial charge in [0.1, 0.15) is 0 Å². The molecule has 0 saturated heterocycles. The number of benzene rings is 2. The van der Waals surface area contributed by atoms with E-state index in [0.29, 0.717) is 0 Å². The first-order chi connectivity index (χ1) is 11.3. The van der Waals surface area contributed by atoms with Crippen molar-refractivity contribution < 1.29 is 23.3 Å². The van der Waals surface area contributed by atoms with E-state index in [9.17, 15) is 0 Å². The second-order valence-corrected chi connectivity index (χ2v) is 4.89. The van der Waals surface area contributed by atoms with Gasteiger partial charge in [-0.1, -0.05) is 12.1 Å². The molecule has 126 valence electrons. The Bertz CT molecular complexity index is 662. The van der Waals surface area contributed by atoms with E-state index in [-0.39, 0.29) is 17.0 Å². The summed E-state index contributed by atoms with van der Waals surface area (Å²) in [6, 6.07) is 29.3. The first kappa shape index (κ1) is 23.2. The Morgan fingerprint density at radius 3 is 1.38 bits per heavy atom. The summed E-state index contributed by atoms with van der Waals surface area (Å²) in [5.74, 6) is 0. The zero-order valence-electron chi connectivity index (χ0n) is 14.3. The Balaban J connectivity index is 0.000000339. The van der Waals surface area contributed by atoms with Crippen molar-refractivity contribution in [3.05, 3.63) is 91.3 Å². The van der Waals surface area contributed by atoms with Gasteiger partial charge in [0.2, 0.25) is 0 Å². The van der Waals surface area contributed by atoms with Gasteiger partial charge in [0.15, 0.2) is 0 Å². The fourth-order valence-corrected chi connectivity index (χ4v) is 2.14. The Morgan fingerprint density at radius 1 is 0.708 bits per heavy atom. The van der Waals surface area contributed by atoms with E-state index in [1.54, 1.807) is 23.3 Å². The molecule has 0 heterocycles. The van der Waals surface area contributed by atoms with E-state index in [1.807, 2.05) is 27.1 Å². The molecule has 4 rings (SSSR count). The number of fused-ring (bicyclic) bond motifs is 2. The van der Waals surface area contributed by atoms with E-state index >= 15 is 0 Å². The van der Waals surface area contributed by atoms with Crippen LogP contribution in [0.1, 0.15) is 13.8 Å². The SMILES string of the molecule is Br.C[CH-]C.[SiH2]=[Zr].c1ccc2[cH-]ccc2c1.c1ccc2[cH-]ccc2c1. The number of rotatable bonds is 0. The predicted octanol–water partition coefficient (Wildman–Crippen LogP) is 6.01. The molecule has 0 spiro atoms. The van der Waals surface area contributed by atoms with Crippen LogP contribution in [0.3, 0.4) is 0 Å². The van der Waals surface area contributed by atoms with Gasteiger partial charge in [0, 0.05) is 0 Å². The minimum Gasteiger partial charge on any atom is -0.168 e. The molecule has 0 bridgehead atoms. The van der Waals surface area contributed by atoms with Crippen LogP contribution in [-0.4, -0.2) is 6.88 Å². The summed E-state index contributed by atoms with van der Waals surface area (Å²) in [5.41, 5.74) is 0. The van der Waals surface area contributed by atoms with E-state index in [1.165, 1.54) is 21.5 Å². The molecular formula is C21H24BrSiZr-3. The van der Waals surface area contributed by atoms with Gasteiger partial charge in [-0.2, -0.15) is 48.9 Å². The number of hydrogen-bond acceptors (Lipinski definition) is 0. The first-order valence-electron chi connectivity index (χ1n) is 7.65. The number of halogens is 1. The van der Waals surface area contributed by atoms with Gasteiger partial charge in [0.25, 0.3) is 0 Å². The summed E-state index contributed by atoms with van der Waals surface area (Å²) in [7, 11) is 0. The predicted molar refractivity (Wildman–Crippen MR) is 114 cm³/mol. The molecule has 0 N–H and O–H groups in total.